The number of aromatic nitrogens is 1. The molecule has 5 nitrogen and oxygen atoms in total. The summed E-state index contributed by atoms with van der Waals surface area (Å²) in [4.78, 5) is 14.5. The number of fused-ring (bicyclic) bond motifs is 1. The van der Waals surface area contributed by atoms with E-state index in [1.165, 1.54) is 0 Å². The van der Waals surface area contributed by atoms with Crippen LogP contribution in [0.2, 0.25) is 0 Å². The number of rotatable bonds is 4. The van der Waals surface area contributed by atoms with Crippen LogP contribution in [0.15, 0.2) is 30.5 Å². The van der Waals surface area contributed by atoms with E-state index in [0.717, 1.165) is 10.9 Å². The first kappa shape index (κ1) is 15.2. The van der Waals surface area contributed by atoms with Crippen molar-refractivity contribution in [1.82, 2.24) is 9.47 Å². The molecule has 0 amide bonds. The van der Waals surface area contributed by atoms with Crippen LogP contribution in [-0.2, 0) is 16.9 Å². The minimum atomic E-state index is -2.93. The molecule has 0 spiro atoms. The zero-order valence-corrected chi connectivity index (χ0v) is 13.6. The van der Waals surface area contributed by atoms with Gasteiger partial charge in [0.05, 0.1) is 18.1 Å². The van der Waals surface area contributed by atoms with Gasteiger partial charge < -0.3 is 4.57 Å². The van der Waals surface area contributed by atoms with Crippen molar-refractivity contribution in [1.29, 1.82) is 0 Å². The van der Waals surface area contributed by atoms with Crippen molar-refractivity contribution in [2.24, 2.45) is 7.05 Å². The van der Waals surface area contributed by atoms with E-state index in [1.807, 2.05) is 54.0 Å². The molecule has 2 aromatic rings. The van der Waals surface area contributed by atoms with Gasteiger partial charge in [-0.25, -0.2) is 8.42 Å². The van der Waals surface area contributed by atoms with Gasteiger partial charge >= 0.3 is 0 Å². The number of para-hydroxylation sites is 1. The SMILES string of the molecule is CN(CC(=O)c1cn(C)c2ccccc12)C1CCS(=O)(=O)C1. The van der Waals surface area contributed by atoms with Gasteiger partial charge in [-0.1, -0.05) is 18.2 Å². The van der Waals surface area contributed by atoms with Crippen molar-refractivity contribution in [3.05, 3.63) is 36.0 Å². The number of nitrogens with zero attached hydrogens (tertiary/aromatic N) is 2. The average Bonchev–Trinajstić information content (AvgIpc) is 3.00. The van der Waals surface area contributed by atoms with Gasteiger partial charge in [0.1, 0.15) is 0 Å². The molecule has 0 bridgehead atoms. The third-order valence-electron chi connectivity index (χ3n) is 4.42. The van der Waals surface area contributed by atoms with Gasteiger partial charge in [-0.3, -0.25) is 9.69 Å². The number of likely N-dealkylation sites (N-methyl/N-ethyl adjacent to an activating group) is 1. The van der Waals surface area contributed by atoms with Crippen molar-refractivity contribution in [2.45, 2.75) is 12.5 Å². The Morgan fingerprint density at radius 1 is 1.36 bits per heavy atom. The number of benzene rings is 1. The molecule has 0 radical (unpaired) electrons. The van der Waals surface area contributed by atoms with Gasteiger partial charge in [0, 0.05) is 35.8 Å². The van der Waals surface area contributed by atoms with Crippen molar-refractivity contribution < 1.29 is 13.2 Å². The Balaban J connectivity index is 1.79. The van der Waals surface area contributed by atoms with Crippen molar-refractivity contribution in [2.75, 3.05) is 25.1 Å². The fraction of sp³-hybridized carbons (Fsp3) is 0.438. The molecular weight excluding hydrogens is 300 g/mol. The van der Waals surface area contributed by atoms with E-state index < -0.39 is 9.84 Å². The molecule has 3 rings (SSSR count). The lowest BCUT2D eigenvalue weighted by molar-refractivity contribution is 0.0928. The van der Waals surface area contributed by atoms with Crippen molar-refractivity contribution in [3.63, 3.8) is 0 Å². The molecule has 118 valence electrons. The van der Waals surface area contributed by atoms with Gasteiger partial charge in [-0.05, 0) is 19.5 Å². The summed E-state index contributed by atoms with van der Waals surface area (Å²) in [5.41, 5.74) is 1.72. The number of ketones is 1. The molecule has 1 saturated heterocycles. The molecule has 1 atom stereocenters. The molecule has 1 aliphatic heterocycles. The number of carbonyl (C=O) groups excluding carboxylic acids is 1. The minimum Gasteiger partial charge on any atom is -0.350 e. The van der Waals surface area contributed by atoms with E-state index in [9.17, 15) is 13.2 Å². The first-order valence-corrected chi connectivity index (χ1v) is 9.17. The van der Waals surface area contributed by atoms with E-state index in [-0.39, 0.29) is 29.9 Å². The zero-order valence-electron chi connectivity index (χ0n) is 12.8. The number of carbonyl (C=O) groups is 1. The smallest absolute Gasteiger partial charge is 0.178 e. The lowest BCUT2D eigenvalue weighted by Crippen LogP contribution is -2.36. The standard InChI is InChI=1S/C16H20N2O3S/c1-17(12-7-8-22(20,21)11-12)10-16(19)14-9-18(2)15-6-4-3-5-13(14)15/h3-6,9,12H,7-8,10-11H2,1-2H3. The Kier molecular flexibility index (Phi) is 3.82. The monoisotopic (exact) mass is 320 g/mol. The summed E-state index contributed by atoms with van der Waals surface area (Å²) >= 11 is 0. The topological polar surface area (TPSA) is 59.4 Å². The second-order valence-electron chi connectivity index (χ2n) is 6.07. The molecule has 0 saturated carbocycles. The molecule has 1 aliphatic rings. The van der Waals surface area contributed by atoms with Crippen LogP contribution in [0.4, 0.5) is 0 Å². The highest BCUT2D eigenvalue weighted by molar-refractivity contribution is 7.91. The average molecular weight is 320 g/mol. The minimum absolute atomic E-state index is 0.0311. The van der Waals surface area contributed by atoms with Crippen LogP contribution in [0.5, 0.6) is 0 Å². The molecule has 1 fully saturated rings. The van der Waals surface area contributed by atoms with Gasteiger partial charge in [0.2, 0.25) is 0 Å². The summed E-state index contributed by atoms with van der Waals surface area (Å²) in [6.45, 7) is 0.244. The summed E-state index contributed by atoms with van der Waals surface area (Å²) in [5, 5.41) is 0.947. The Bertz CT molecular complexity index is 823. The fourth-order valence-corrected chi connectivity index (χ4v) is 4.93. The molecule has 1 aromatic heterocycles. The summed E-state index contributed by atoms with van der Waals surface area (Å²) < 4.78 is 25.1. The van der Waals surface area contributed by atoms with E-state index in [2.05, 4.69) is 0 Å². The summed E-state index contributed by atoms with van der Waals surface area (Å²) in [5.74, 6) is 0.417. The third-order valence-corrected chi connectivity index (χ3v) is 6.17. The molecule has 22 heavy (non-hydrogen) atoms. The van der Waals surface area contributed by atoms with Crippen LogP contribution in [0.1, 0.15) is 16.8 Å². The van der Waals surface area contributed by atoms with Crippen molar-refractivity contribution in [3.8, 4) is 0 Å². The number of sulfone groups is 1. The van der Waals surface area contributed by atoms with Gasteiger partial charge in [-0.15, -0.1) is 0 Å². The van der Waals surface area contributed by atoms with Gasteiger partial charge in [-0.2, -0.15) is 0 Å². The maximum Gasteiger partial charge on any atom is 0.178 e. The normalized spacial score (nSPS) is 20.8. The van der Waals surface area contributed by atoms with Crippen molar-refractivity contribution >= 4 is 26.5 Å². The number of hydrogen-bond acceptors (Lipinski definition) is 4. The lowest BCUT2D eigenvalue weighted by Gasteiger charge is -2.21. The molecule has 1 aromatic carbocycles. The summed E-state index contributed by atoms with van der Waals surface area (Å²) in [6.07, 6.45) is 2.47. The van der Waals surface area contributed by atoms with E-state index in [1.54, 1.807) is 0 Å². The van der Waals surface area contributed by atoms with Gasteiger partial charge in [0.25, 0.3) is 0 Å². The van der Waals surface area contributed by atoms with Crippen LogP contribution in [-0.4, -0.2) is 54.8 Å². The first-order valence-electron chi connectivity index (χ1n) is 7.35. The largest absolute Gasteiger partial charge is 0.350 e. The summed E-state index contributed by atoms with van der Waals surface area (Å²) in [7, 11) is 0.822. The van der Waals surface area contributed by atoms with E-state index in [0.29, 0.717) is 12.0 Å². The van der Waals surface area contributed by atoms with Crippen LogP contribution in [0.25, 0.3) is 10.9 Å². The highest BCUT2D eigenvalue weighted by Crippen LogP contribution is 2.22. The van der Waals surface area contributed by atoms with Crippen LogP contribution in [0.3, 0.4) is 0 Å². The highest BCUT2D eigenvalue weighted by atomic mass is 32.2. The maximum absolute atomic E-state index is 12.6. The predicted octanol–water partition coefficient (Wildman–Crippen LogP) is 1.48. The molecule has 0 aliphatic carbocycles. The van der Waals surface area contributed by atoms with Crippen LogP contribution >= 0.6 is 0 Å². The summed E-state index contributed by atoms with van der Waals surface area (Å²) in [6, 6.07) is 7.75. The molecule has 0 N–H and O–H groups in total. The number of hydrogen-bond donors (Lipinski definition) is 0. The lowest BCUT2D eigenvalue weighted by atomic mass is 10.1. The quantitative estimate of drug-likeness (QED) is 0.801. The first-order chi connectivity index (χ1) is 10.4. The highest BCUT2D eigenvalue weighted by Gasteiger charge is 2.31. The maximum atomic E-state index is 12.6. The third kappa shape index (κ3) is 2.80. The van der Waals surface area contributed by atoms with Crippen LogP contribution < -0.4 is 0 Å². The van der Waals surface area contributed by atoms with Crippen LogP contribution in [0, 0.1) is 0 Å². The number of Topliss-reactive ketones (excluding diaryl/α,β-unsaturated/α-hetero) is 1. The second-order valence-corrected chi connectivity index (χ2v) is 8.29. The zero-order chi connectivity index (χ0) is 15.9. The van der Waals surface area contributed by atoms with E-state index in [4.69, 9.17) is 0 Å². The molecule has 2 heterocycles. The molecular formula is C16H20N2O3S. The predicted molar refractivity (Wildman–Crippen MR) is 86.9 cm³/mol. The molecule has 1 unspecified atom stereocenters. The second kappa shape index (κ2) is 5.52. The fourth-order valence-electron chi connectivity index (χ4n) is 3.13. The Morgan fingerprint density at radius 3 is 2.77 bits per heavy atom. The Hall–Kier alpha value is -1.66. The Morgan fingerprint density at radius 2 is 2.09 bits per heavy atom. The molecule has 6 heteroatoms. The Labute approximate surface area is 130 Å². The van der Waals surface area contributed by atoms with E-state index >= 15 is 0 Å². The van der Waals surface area contributed by atoms with Gasteiger partial charge in [0.15, 0.2) is 15.6 Å². The number of aryl methyl sites for hydroxylation is 1.